The lowest BCUT2D eigenvalue weighted by molar-refractivity contribution is -0.125. The van der Waals surface area contributed by atoms with E-state index in [0.29, 0.717) is 13.0 Å². The standard InChI is InChI=1S/C9H17NO4S/c1-7(5-14-2)10-9(11)8-3-4-15(12,13)6-8/h7-8H,3-6H2,1-2H3,(H,10,11)/t7-,8-/m1/s1. The van der Waals surface area contributed by atoms with Crippen LogP contribution in [0.1, 0.15) is 13.3 Å². The van der Waals surface area contributed by atoms with E-state index in [9.17, 15) is 13.2 Å². The molecule has 15 heavy (non-hydrogen) atoms. The predicted molar refractivity (Wildman–Crippen MR) is 56.2 cm³/mol. The lowest BCUT2D eigenvalue weighted by Crippen LogP contribution is -2.39. The number of rotatable bonds is 4. The Bertz CT molecular complexity index is 325. The van der Waals surface area contributed by atoms with Gasteiger partial charge >= 0.3 is 0 Å². The number of methoxy groups -OCH3 is 1. The lowest BCUT2D eigenvalue weighted by atomic mass is 10.1. The molecule has 1 N–H and O–H groups in total. The molecule has 1 amide bonds. The van der Waals surface area contributed by atoms with Gasteiger partial charge in [0.15, 0.2) is 9.84 Å². The maximum absolute atomic E-state index is 11.6. The number of carbonyl (C=O) groups is 1. The Morgan fingerprint density at radius 1 is 1.60 bits per heavy atom. The number of ether oxygens (including phenoxy) is 1. The van der Waals surface area contributed by atoms with Gasteiger partial charge in [-0.05, 0) is 13.3 Å². The molecule has 0 aliphatic carbocycles. The van der Waals surface area contributed by atoms with Gasteiger partial charge in [0.25, 0.3) is 0 Å². The van der Waals surface area contributed by atoms with Gasteiger partial charge in [0, 0.05) is 13.2 Å². The molecular weight excluding hydrogens is 218 g/mol. The van der Waals surface area contributed by atoms with Crippen LogP contribution in [0.15, 0.2) is 0 Å². The minimum Gasteiger partial charge on any atom is -0.383 e. The third-order valence-electron chi connectivity index (χ3n) is 2.41. The molecule has 0 aromatic rings. The first-order chi connectivity index (χ1) is 6.94. The molecule has 6 heteroatoms. The van der Waals surface area contributed by atoms with Crippen molar-refractivity contribution in [2.75, 3.05) is 25.2 Å². The molecule has 1 aliphatic heterocycles. The second kappa shape index (κ2) is 4.94. The molecule has 5 nitrogen and oxygen atoms in total. The molecule has 0 unspecified atom stereocenters. The van der Waals surface area contributed by atoms with Gasteiger partial charge < -0.3 is 10.1 Å². The molecule has 0 spiro atoms. The Labute approximate surface area is 90.1 Å². The quantitative estimate of drug-likeness (QED) is 0.718. The number of hydrogen-bond donors (Lipinski definition) is 1. The summed E-state index contributed by atoms with van der Waals surface area (Å²) in [5.74, 6) is -0.447. The number of hydrogen-bond acceptors (Lipinski definition) is 4. The zero-order valence-corrected chi connectivity index (χ0v) is 9.84. The van der Waals surface area contributed by atoms with Crippen LogP contribution in [0.3, 0.4) is 0 Å². The van der Waals surface area contributed by atoms with Gasteiger partial charge in [-0.1, -0.05) is 0 Å². The van der Waals surface area contributed by atoms with Crippen molar-refractivity contribution >= 4 is 15.7 Å². The molecule has 2 atom stereocenters. The Balaban J connectivity index is 2.42. The summed E-state index contributed by atoms with van der Waals surface area (Å²) in [6.07, 6.45) is 0.438. The molecule has 88 valence electrons. The van der Waals surface area contributed by atoms with Crippen molar-refractivity contribution in [3.8, 4) is 0 Å². The Hall–Kier alpha value is -0.620. The number of carbonyl (C=O) groups excluding carboxylic acids is 1. The van der Waals surface area contributed by atoms with Gasteiger partial charge in [0.1, 0.15) is 0 Å². The fourth-order valence-corrected chi connectivity index (χ4v) is 3.40. The summed E-state index contributed by atoms with van der Waals surface area (Å²) in [5.41, 5.74) is 0. The smallest absolute Gasteiger partial charge is 0.224 e. The molecule has 0 saturated carbocycles. The highest BCUT2D eigenvalue weighted by Gasteiger charge is 2.33. The summed E-state index contributed by atoms with van der Waals surface area (Å²) in [6.45, 7) is 2.26. The van der Waals surface area contributed by atoms with Gasteiger partial charge in [-0.15, -0.1) is 0 Å². The Morgan fingerprint density at radius 2 is 2.27 bits per heavy atom. The topological polar surface area (TPSA) is 72.5 Å². The fraction of sp³-hybridized carbons (Fsp3) is 0.889. The summed E-state index contributed by atoms with van der Waals surface area (Å²) in [5, 5.41) is 2.73. The van der Waals surface area contributed by atoms with Crippen molar-refractivity contribution in [2.24, 2.45) is 5.92 Å². The average Bonchev–Trinajstić information content (AvgIpc) is 2.46. The van der Waals surface area contributed by atoms with E-state index in [2.05, 4.69) is 5.32 Å². The molecule has 0 aromatic heterocycles. The Kier molecular flexibility index (Phi) is 4.10. The van der Waals surface area contributed by atoms with Crippen LogP contribution in [0, 0.1) is 5.92 Å². The third kappa shape index (κ3) is 3.79. The van der Waals surface area contributed by atoms with Crippen molar-refractivity contribution in [2.45, 2.75) is 19.4 Å². The molecule has 1 fully saturated rings. The van der Waals surface area contributed by atoms with Gasteiger partial charge in [-0.2, -0.15) is 0 Å². The van der Waals surface area contributed by atoms with E-state index in [0.717, 1.165) is 0 Å². The summed E-state index contributed by atoms with van der Waals surface area (Å²) in [4.78, 5) is 11.6. The number of sulfone groups is 1. The minimum absolute atomic E-state index is 0.0153. The van der Waals surface area contributed by atoms with Crippen LogP contribution < -0.4 is 5.32 Å². The van der Waals surface area contributed by atoms with Crippen LogP contribution in [0.25, 0.3) is 0 Å². The van der Waals surface area contributed by atoms with Crippen molar-refractivity contribution in [3.05, 3.63) is 0 Å². The largest absolute Gasteiger partial charge is 0.383 e. The third-order valence-corrected chi connectivity index (χ3v) is 4.18. The van der Waals surface area contributed by atoms with Crippen LogP contribution in [0.5, 0.6) is 0 Å². The van der Waals surface area contributed by atoms with Crippen LogP contribution >= 0.6 is 0 Å². The van der Waals surface area contributed by atoms with E-state index in [1.54, 1.807) is 7.11 Å². The predicted octanol–water partition coefficient (Wildman–Crippen LogP) is -0.428. The van der Waals surface area contributed by atoms with Gasteiger partial charge in [-0.3, -0.25) is 4.79 Å². The van der Waals surface area contributed by atoms with E-state index in [1.807, 2.05) is 6.92 Å². The van der Waals surface area contributed by atoms with Crippen LogP contribution in [0.4, 0.5) is 0 Å². The number of amides is 1. The SMILES string of the molecule is COC[C@@H](C)NC(=O)[C@@H]1CCS(=O)(=O)C1. The first kappa shape index (κ1) is 12.4. The van der Waals surface area contributed by atoms with Crippen LogP contribution in [-0.2, 0) is 19.4 Å². The number of nitrogens with one attached hydrogen (secondary N) is 1. The molecule has 1 saturated heterocycles. The van der Waals surface area contributed by atoms with Gasteiger partial charge in [0.05, 0.1) is 24.0 Å². The molecular formula is C9H17NO4S. The fourth-order valence-electron chi connectivity index (χ4n) is 1.65. The van der Waals surface area contributed by atoms with Crippen molar-refractivity contribution in [3.63, 3.8) is 0 Å². The van der Waals surface area contributed by atoms with Crippen molar-refractivity contribution in [1.82, 2.24) is 5.32 Å². The lowest BCUT2D eigenvalue weighted by Gasteiger charge is -2.15. The van der Waals surface area contributed by atoms with E-state index < -0.39 is 9.84 Å². The summed E-state index contributed by atoms with van der Waals surface area (Å²) >= 11 is 0. The highest BCUT2D eigenvalue weighted by Crippen LogP contribution is 2.18. The molecule has 0 radical (unpaired) electrons. The first-order valence-electron chi connectivity index (χ1n) is 4.94. The van der Waals surface area contributed by atoms with E-state index in [4.69, 9.17) is 4.74 Å². The zero-order valence-electron chi connectivity index (χ0n) is 9.02. The normalized spacial score (nSPS) is 26.1. The van der Waals surface area contributed by atoms with Gasteiger partial charge in [0.2, 0.25) is 5.91 Å². The van der Waals surface area contributed by atoms with Crippen LogP contribution in [0.2, 0.25) is 0 Å². The molecule has 0 bridgehead atoms. The minimum atomic E-state index is -2.98. The first-order valence-corrected chi connectivity index (χ1v) is 6.76. The summed E-state index contributed by atoms with van der Waals surface area (Å²) in [7, 11) is -1.42. The molecule has 1 aliphatic rings. The zero-order chi connectivity index (χ0) is 11.5. The monoisotopic (exact) mass is 235 g/mol. The Morgan fingerprint density at radius 3 is 2.73 bits per heavy atom. The average molecular weight is 235 g/mol. The summed E-state index contributed by atoms with van der Waals surface area (Å²) < 4.78 is 27.2. The van der Waals surface area contributed by atoms with E-state index in [-0.39, 0.29) is 29.4 Å². The molecule has 1 heterocycles. The van der Waals surface area contributed by atoms with Crippen LogP contribution in [-0.4, -0.2) is 45.6 Å². The van der Waals surface area contributed by atoms with E-state index >= 15 is 0 Å². The second-order valence-electron chi connectivity index (χ2n) is 3.96. The second-order valence-corrected chi connectivity index (χ2v) is 6.19. The molecule has 1 rings (SSSR count). The highest BCUT2D eigenvalue weighted by atomic mass is 32.2. The van der Waals surface area contributed by atoms with E-state index in [1.165, 1.54) is 0 Å². The maximum Gasteiger partial charge on any atom is 0.224 e. The van der Waals surface area contributed by atoms with Crippen molar-refractivity contribution < 1.29 is 17.9 Å². The maximum atomic E-state index is 11.6. The van der Waals surface area contributed by atoms with Gasteiger partial charge in [-0.25, -0.2) is 8.42 Å². The molecule has 0 aromatic carbocycles. The highest BCUT2D eigenvalue weighted by molar-refractivity contribution is 7.91. The summed E-state index contributed by atoms with van der Waals surface area (Å²) in [6, 6.07) is -0.0780. The van der Waals surface area contributed by atoms with Crippen molar-refractivity contribution in [1.29, 1.82) is 0 Å².